The van der Waals surface area contributed by atoms with E-state index in [1.54, 1.807) is 6.07 Å². The molecule has 0 unspecified atom stereocenters. The SMILES string of the molecule is Nc1ncnc2c1ccn2[C@@H]1C[C@H](Oc2ccc(F)c3c2CNCC3)[C@@H](O)[C@H]1N. The average Bonchev–Trinajstić information content (AvgIpc) is 3.28. The van der Waals surface area contributed by atoms with Crippen LogP contribution in [0.3, 0.4) is 0 Å². The van der Waals surface area contributed by atoms with Gasteiger partial charge in [-0.25, -0.2) is 14.4 Å². The number of aromatic nitrogens is 3. The number of nitrogens with zero attached hydrogens (tertiary/aromatic N) is 3. The molecule has 9 heteroatoms. The molecule has 1 aliphatic heterocycles. The number of nitrogens with one attached hydrogen (secondary N) is 1. The van der Waals surface area contributed by atoms with E-state index in [2.05, 4.69) is 15.3 Å². The van der Waals surface area contributed by atoms with Gasteiger partial charge in [-0.3, -0.25) is 0 Å². The topological polar surface area (TPSA) is 124 Å². The van der Waals surface area contributed by atoms with Crippen molar-refractivity contribution >= 4 is 16.9 Å². The third kappa shape index (κ3) is 2.93. The van der Waals surface area contributed by atoms with E-state index in [4.69, 9.17) is 16.2 Å². The summed E-state index contributed by atoms with van der Waals surface area (Å²) in [5.41, 5.74) is 14.4. The minimum Gasteiger partial charge on any atom is -0.487 e. The summed E-state index contributed by atoms with van der Waals surface area (Å²) >= 11 is 0. The van der Waals surface area contributed by atoms with Crippen molar-refractivity contribution in [3.05, 3.63) is 47.7 Å². The van der Waals surface area contributed by atoms with Crippen molar-refractivity contribution < 1.29 is 14.2 Å². The summed E-state index contributed by atoms with van der Waals surface area (Å²) in [6.07, 6.45) is 3.01. The van der Waals surface area contributed by atoms with Crippen LogP contribution >= 0.6 is 0 Å². The minimum absolute atomic E-state index is 0.212. The van der Waals surface area contributed by atoms with E-state index in [0.29, 0.717) is 42.2 Å². The summed E-state index contributed by atoms with van der Waals surface area (Å²) in [6.45, 7) is 1.28. The lowest BCUT2D eigenvalue weighted by atomic mass is 9.99. The second kappa shape index (κ2) is 6.94. The number of nitrogens with two attached hydrogens (primary N) is 2. The molecule has 29 heavy (non-hydrogen) atoms. The molecular formula is C20H23FN6O2. The molecule has 3 aromatic rings. The molecule has 3 heterocycles. The van der Waals surface area contributed by atoms with Crippen LogP contribution in [0.2, 0.25) is 0 Å². The van der Waals surface area contributed by atoms with E-state index >= 15 is 0 Å². The summed E-state index contributed by atoms with van der Waals surface area (Å²) in [5, 5.41) is 14.8. The van der Waals surface area contributed by atoms with Crippen LogP contribution in [-0.2, 0) is 13.0 Å². The number of fused-ring (bicyclic) bond motifs is 2. The van der Waals surface area contributed by atoms with Crippen molar-refractivity contribution in [3.8, 4) is 5.75 Å². The van der Waals surface area contributed by atoms with Gasteiger partial charge in [-0.1, -0.05) is 0 Å². The monoisotopic (exact) mass is 398 g/mol. The molecule has 152 valence electrons. The number of nitrogen functional groups attached to an aromatic ring is 1. The minimum atomic E-state index is -0.867. The number of ether oxygens (including phenoxy) is 1. The molecule has 0 saturated heterocycles. The van der Waals surface area contributed by atoms with Crippen LogP contribution in [0.25, 0.3) is 11.0 Å². The predicted octanol–water partition coefficient (Wildman–Crippen LogP) is 0.879. The predicted molar refractivity (Wildman–Crippen MR) is 106 cm³/mol. The van der Waals surface area contributed by atoms with E-state index in [-0.39, 0.29) is 11.9 Å². The van der Waals surface area contributed by atoms with E-state index in [0.717, 1.165) is 17.5 Å². The average molecular weight is 398 g/mol. The fourth-order valence-corrected chi connectivity index (χ4v) is 4.49. The molecule has 0 radical (unpaired) electrons. The second-order valence-electron chi connectivity index (χ2n) is 7.68. The molecule has 0 bridgehead atoms. The Morgan fingerprint density at radius 1 is 1.24 bits per heavy atom. The number of hydrogen-bond donors (Lipinski definition) is 4. The third-order valence-corrected chi connectivity index (χ3v) is 6.05. The first-order valence-electron chi connectivity index (χ1n) is 9.73. The van der Waals surface area contributed by atoms with Gasteiger partial charge in [-0.05, 0) is 36.7 Å². The smallest absolute Gasteiger partial charge is 0.145 e. The maximum Gasteiger partial charge on any atom is 0.145 e. The summed E-state index contributed by atoms with van der Waals surface area (Å²) in [4.78, 5) is 8.34. The Morgan fingerprint density at radius 3 is 2.97 bits per heavy atom. The molecule has 1 aliphatic carbocycles. The first-order chi connectivity index (χ1) is 14.0. The van der Waals surface area contributed by atoms with E-state index in [1.807, 2.05) is 16.8 Å². The Morgan fingerprint density at radius 2 is 2.10 bits per heavy atom. The van der Waals surface area contributed by atoms with Gasteiger partial charge in [-0.2, -0.15) is 0 Å². The standard InChI is InChI=1S/C20H23FN6O2/c21-13-1-2-15(12-8-24-5-3-10(12)13)29-16-7-14(17(22)18(16)28)27-6-4-11-19(23)25-9-26-20(11)27/h1-2,4,6,9,14,16-18,24,28H,3,5,7-8,22H2,(H2,23,25,26)/t14-,16+,17+,18-/m1/s1. The highest BCUT2D eigenvalue weighted by molar-refractivity contribution is 5.86. The van der Waals surface area contributed by atoms with Crippen molar-refractivity contribution in [2.45, 2.75) is 43.7 Å². The number of halogens is 1. The van der Waals surface area contributed by atoms with Gasteiger partial charge in [0.05, 0.1) is 17.5 Å². The highest BCUT2D eigenvalue weighted by atomic mass is 19.1. The van der Waals surface area contributed by atoms with Crippen molar-refractivity contribution in [2.75, 3.05) is 12.3 Å². The lowest BCUT2D eigenvalue weighted by Gasteiger charge is -2.24. The summed E-state index contributed by atoms with van der Waals surface area (Å²) in [5.74, 6) is 0.778. The fourth-order valence-electron chi connectivity index (χ4n) is 4.49. The molecule has 1 saturated carbocycles. The maximum atomic E-state index is 14.2. The van der Waals surface area contributed by atoms with Gasteiger partial charge < -0.3 is 31.2 Å². The van der Waals surface area contributed by atoms with Crippen LogP contribution in [0, 0.1) is 5.82 Å². The zero-order chi connectivity index (χ0) is 20.1. The molecular weight excluding hydrogens is 375 g/mol. The number of aliphatic hydroxyl groups excluding tert-OH is 1. The second-order valence-corrected chi connectivity index (χ2v) is 7.68. The fraction of sp³-hybridized carbons (Fsp3) is 0.400. The highest BCUT2D eigenvalue weighted by Gasteiger charge is 2.43. The first kappa shape index (κ1) is 18.3. The normalized spacial score (nSPS) is 26.6. The summed E-state index contributed by atoms with van der Waals surface area (Å²) in [6, 6.07) is 4.15. The first-order valence-corrected chi connectivity index (χ1v) is 9.73. The van der Waals surface area contributed by atoms with Crippen molar-refractivity contribution in [1.82, 2.24) is 19.9 Å². The number of rotatable bonds is 3. The third-order valence-electron chi connectivity index (χ3n) is 6.05. The zero-order valence-electron chi connectivity index (χ0n) is 15.8. The van der Waals surface area contributed by atoms with Crippen molar-refractivity contribution in [3.63, 3.8) is 0 Å². The molecule has 0 spiro atoms. The van der Waals surface area contributed by atoms with Crippen LogP contribution in [0.15, 0.2) is 30.7 Å². The van der Waals surface area contributed by atoms with Gasteiger partial charge in [0.25, 0.3) is 0 Å². The quantitative estimate of drug-likeness (QED) is 0.516. The Balaban J connectivity index is 1.44. The van der Waals surface area contributed by atoms with E-state index in [9.17, 15) is 9.50 Å². The van der Waals surface area contributed by atoms with Crippen LogP contribution in [0.1, 0.15) is 23.6 Å². The van der Waals surface area contributed by atoms with Crippen molar-refractivity contribution in [1.29, 1.82) is 0 Å². The molecule has 0 amide bonds. The molecule has 2 aromatic heterocycles. The van der Waals surface area contributed by atoms with Crippen molar-refractivity contribution in [2.24, 2.45) is 5.73 Å². The summed E-state index contributed by atoms with van der Waals surface area (Å²) < 4.78 is 22.2. The van der Waals surface area contributed by atoms with Gasteiger partial charge in [0.2, 0.25) is 0 Å². The zero-order valence-corrected chi connectivity index (χ0v) is 15.8. The highest BCUT2D eigenvalue weighted by Crippen LogP contribution is 2.37. The van der Waals surface area contributed by atoms with E-state index < -0.39 is 18.2 Å². The largest absolute Gasteiger partial charge is 0.487 e. The molecule has 1 aromatic carbocycles. The Labute approximate surface area is 166 Å². The van der Waals surface area contributed by atoms with Gasteiger partial charge in [0, 0.05) is 24.7 Å². The lowest BCUT2D eigenvalue weighted by Crippen LogP contribution is -2.40. The number of benzene rings is 1. The van der Waals surface area contributed by atoms with Crippen LogP contribution in [-0.4, -0.2) is 44.4 Å². The van der Waals surface area contributed by atoms with Crippen LogP contribution in [0.4, 0.5) is 10.2 Å². The molecule has 4 atom stereocenters. The van der Waals surface area contributed by atoms with Gasteiger partial charge in [0.15, 0.2) is 0 Å². The van der Waals surface area contributed by atoms with Gasteiger partial charge in [-0.15, -0.1) is 0 Å². The summed E-state index contributed by atoms with van der Waals surface area (Å²) in [7, 11) is 0. The Hall–Kier alpha value is -2.75. The molecule has 8 nitrogen and oxygen atoms in total. The molecule has 1 fully saturated rings. The maximum absolute atomic E-state index is 14.2. The lowest BCUT2D eigenvalue weighted by molar-refractivity contribution is 0.0510. The van der Waals surface area contributed by atoms with Crippen LogP contribution < -0.4 is 21.5 Å². The Bertz CT molecular complexity index is 1070. The number of aliphatic hydroxyl groups is 1. The molecule has 2 aliphatic rings. The van der Waals surface area contributed by atoms with Crippen LogP contribution in [0.5, 0.6) is 5.75 Å². The molecule has 6 N–H and O–H groups in total. The van der Waals surface area contributed by atoms with Gasteiger partial charge in [0.1, 0.15) is 41.6 Å². The van der Waals surface area contributed by atoms with E-state index in [1.165, 1.54) is 12.4 Å². The number of hydrogen-bond acceptors (Lipinski definition) is 7. The van der Waals surface area contributed by atoms with Gasteiger partial charge >= 0.3 is 0 Å². The molecule has 5 rings (SSSR count). The Kier molecular flexibility index (Phi) is 4.38. The number of anilines is 1.